The Bertz CT molecular complexity index is 1170. The summed E-state index contributed by atoms with van der Waals surface area (Å²) < 4.78 is 40.5. The number of anilines is 1. The number of nitrogens with one attached hydrogen (secondary N) is 2. The molecule has 0 saturated carbocycles. The summed E-state index contributed by atoms with van der Waals surface area (Å²) in [5, 5.41) is 14.2. The van der Waals surface area contributed by atoms with E-state index >= 15 is 0 Å². The first-order valence-corrected chi connectivity index (χ1v) is 13.0. The molecule has 3 atom stereocenters. The number of aromatic nitrogens is 1. The van der Waals surface area contributed by atoms with Crippen molar-refractivity contribution in [3.05, 3.63) is 59.2 Å². The lowest BCUT2D eigenvalue weighted by Crippen LogP contribution is -2.46. The van der Waals surface area contributed by atoms with Crippen LogP contribution in [0.2, 0.25) is 0 Å². The second-order valence-corrected chi connectivity index (χ2v) is 10.5. The molecule has 1 saturated heterocycles. The van der Waals surface area contributed by atoms with E-state index in [1.807, 2.05) is 0 Å². The third kappa shape index (κ3) is 7.60. The minimum absolute atomic E-state index is 0.0969. The molecule has 2 heterocycles. The van der Waals surface area contributed by atoms with Crippen molar-refractivity contribution < 1.29 is 32.7 Å². The monoisotopic (exact) mass is 553 g/mol. The van der Waals surface area contributed by atoms with E-state index in [0.717, 1.165) is 6.07 Å². The van der Waals surface area contributed by atoms with E-state index in [2.05, 4.69) is 15.6 Å². The van der Waals surface area contributed by atoms with Gasteiger partial charge in [-0.05, 0) is 36.1 Å². The lowest BCUT2D eigenvalue weighted by Gasteiger charge is -2.24. The number of aliphatic carboxylic acids is 1. The first kappa shape index (κ1) is 29.2. The van der Waals surface area contributed by atoms with E-state index in [0.29, 0.717) is 29.7 Å². The minimum Gasteiger partial charge on any atom is -0.480 e. The SMILES string of the molecule is CC(C)C(Nc1ccc(CNC(=O)[C@@H]2SCCN2C(=O)C[C@H](N)Cc2cc(F)c(F)cc2F)nc1)C(=O)O. The third-order valence-electron chi connectivity index (χ3n) is 5.97. The van der Waals surface area contributed by atoms with Crippen LogP contribution in [0, 0.1) is 23.4 Å². The van der Waals surface area contributed by atoms with Gasteiger partial charge in [0, 0.05) is 30.8 Å². The molecule has 1 aliphatic heterocycles. The van der Waals surface area contributed by atoms with Crippen LogP contribution in [0.4, 0.5) is 18.9 Å². The van der Waals surface area contributed by atoms with Gasteiger partial charge in [0.15, 0.2) is 17.0 Å². The van der Waals surface area contributed by atoms with Crippen LogP contribution in [0.3, 0.4) is 0 Å². The Morgan fingerprint density at radius 2 is 1.89 bits per heavy atom. The molecule has 2 aromatic rings. The number of amides is 2. The van der Waals surface area contributed by atoms with E-state index < -0.39 is 52.7 Å². The highest BCUT2D eigenvalue weighted by Crippen LogP contribution is 2.25. The Kier molecular flexibility index (Phi) is 9.97. The minimum atomic E-state index is -1.31. The van der Waals surface area contributed by atoms with E-state index in [9.17, 15) is 32.7 Å². The number of carboxylic acids is 1. The summed E-state index contributed by atoms with van der Waals surface area (Å²) in [7, 11) is 0. The van der Waals surface area contributed by atoms with E-state index in [4.69, 9.17) is 5.73 Å². The molecule has 206 valence electrons. The van der Waals surface area contributed by atoms with E-state index in [1.165, 1.54) is 22.9 Å². The third-order valence-corrected chi connectivity index (χ3v) is 7.17. The summed E-state index contributed by atoms with van der Waals surface area (Å²) in [6.07, 6.45) is 1.11. The lowest BCUT2D eigenvalue weighted by atomic mass is 10.0. The highest BCUT2D eigenvalue weighted by Gasteiger charge is 2.35. The molecule has 1 aliphatic rings. The molecule has 5 N–H and O–H groups in total. The van der Waals surface area contributed by atoms with Gasteiger partial charge in [-0.3, -0.25) is 14.6 Å². The Labute approximate surface area is 222 Å². The Balaban J connectivity index is 1.52. The number of hydrogen-bond acceptors (Lipinski definition) is 7. The molecule has 0 radical (unpaired) electrons. The van der Waals surface area contributed by atoms with Crippen LogP contribution in [0.25, 0.3) is 0 Å². The van der Waals surface area contributed by atoms with Gasteiger partial charge in [-0.25, -0.2) is 18.0 Å². The number of nitrogens with two attached hydrogens (primary N) is 1. The van der Waals surface area contributed by atoms with Crippen LogP contribution in [-0.4, -0.2) is 62.5 Å². The zero-order valence-corrected chi connectivity index (χ0v) is 21.7. The normalized spacial score (nSPS) is 16.8. The highest BCUT2D eigenvalue weighted by molar-refractivity contribution is 8.00. The van der Waals surface area contributed by atoms with Gasteiger partial charge in [0.05, 0.1) is 24.1 Å². The summed E-state index contributed by atoms with van der Waals surface area (Å²) in [6.45, 7) is 4.00. The maximum Gasteiger partial charge on any atom is 0.326 e. The Hall–Kier alpha value is -3.32. The van der Waals surface area contributed by atoms with Gasteiger partial charge in [-0.15, -0.1) is 11.8 Å². The number of thioether (sulfide) groups is 1. The number of rotatable bonds is 11. The Morgan fingerprint density at radius 3 is 2.53 bits per heavy atom. The topological polar surface area (TPSA) is 138 Å². The second-order valence-electron chi connectivity index (χ2n) is 9.30. The van der Waals surface area contributed by atoms with Crippen LogP contribution in [0.1, 0.15) is 31.5 Å². The van der Waals surface area contributed by atoms with Crippen molar-refractivity contribution in [3.8, 4) is 0 Å². The van der Waals surface area contributed by atoms with Crippen molar-refractivity contribution in [3.63, 3.8) is 0 Å². The quantitative estimate of drug-likeness (QED) is 0.312. The number of halogens is 3. The summed E-state index contributed by atoms with van der Waals surface area (Å²) in [4.78, 5) is 42.6. The van der Waals surface area contributed by atoms with Crippen LogP contribution in [0.15, 0.2) is 30.5 Å². The average Bonchev–Trinajstić information content (AvgIpc) is 3.35. The van der Waals surface area contributed by atoms with Crippen molar-refractivity contribution >= 4 is 35.2 Å². The molecule has 1 aromatic carbocycles. The smallest absolute Gasteiger partial charge is 0.326 e. The molecular weight excluding hydrogens is 523 g/mol. The number of carbonyl (C=O) groups is 3. The van der Waals surface area contributed by atoms with Crippen LogP contribution >= 0.6 is 11.8 Å². The summed E-state index contributed by atoms with van der Waals surface area (Å²) in [5.41, 5.74) is 6.92. The molecule has 3 rings (SSSR count). The van der Waals surface area contributed by atoms with Gasteiger partial charge >= 0.3 is 5.97 Å². The molecule has 1 fully saturated rings. The predicted molar refractivity (Wildman–Crippen MR) is 137 cm³/mol. The van der Waals surface area contributed by atoms with Gasteiger partial charge in [-0.2, -0.15) is 0 Å². The van der Waals surface area contributed by atoms with Gasteiger partial charge in [0.2, 0.25) is 5.91 Å². The first-order chi connectivity index (χ1) is 18.0. The molecule has 38 heavy (non-hydrogen) atoms. The van der Waals surface area contributed by atoms with Crippen molar-refractivity contribution in [1.82, 2.24) is 15.2 Å². The van der Waals surface area contributed by atoms with E-state index in [-0.39, 0.29) is 30.9 Å². The van der Waals surface area contributed by atoms with Gasteiger partial charge in [0.25, 0.3) is 5.91 Å². The van der Waals surface area contributed by atoms with Crippen molar-refractivity contribution in [2.24, 2.45) is 11.7 Å². The van der Waals surface area contributed by atoms with Crippen molar-refractivity contribution in [2.75, 3.05) is 17.6 Å². The lowest BCUT2D eigenvalue weighted by molar-refractivity contribution is -0.138. The Morgan fingerprint density at radius 1 is 1.18 bits per heavy atom. The molecule has 0 aliphatic carbocycles. The van der Waals surface area contributed by atoms with Crippen molar-refractivity contribution in [2.45, 2.75) is 50.7 Å². The highest BCUT2D eigenvalue weighted by atomic mass is 32.2. The number of carbonyl (C=O) groups excluding carboxylic acids is 2. The van der Waals surface area contributed by atoms with Crippen molar-refractivity contribution in [1.29, 1.82) is 0 Å². The molecule has 0 bridgehead atoms. The van der Waals surface area contributed by atoms with Crippen LogP contribution in [-0.2, 0) is 27.3 Å². The number of carboxylic acid groups (broad SMARTS) is 1. The maximum atomic E-state index is 13.9. The summed E-state index contributed by atoms with van der Waals surface area (Å²) >= 11 is 1.29. The van der Waals surface area contributed by atoms with Gasteiger partial charge < -0.3 is 26.4 Å². The largest absolute Gasteiger partial charge is 0.480 e. The standard InChI is InChI=1S/C25H30F3N5O4S/c1-13(2)22(25(36)37)32-17-4-3-16(30-12-17)11-31-23(35)24-33(5-6-38-24)21(34)9-15(29)7-14-8-19(27)20(28)10-18(14)26/h3-4,8,10,12-13,15,22,24,32H,5-7,9,11,29H2,1-2H3,(H,31,35)(H,36,37)/t15-,22?,24+/m1/s1. The molecule has 13 heteroatoms. The number of hydrogen-bond donors (Lipinski definition) is 4. The first-order valence-electron chi connectivity index (χ1n) is 12.0. The zero-order valence-electron chi connectivity index (χ0n) is 20.9. The molecule has 0 spiro atoms. The van der Waals surface area contributed by atoms with E-state index in [1.54, 1.807) is 26.0 Å². The van der Waals surface area contributed by atoms with Gasteiger partial charge in [-0.1, -0.05) is 13.8 Å². The molecule has 2 amide bonds. The molecule has 1 unspecified atom stereocenters. The fourth-order valence-electron chi connectivity index (χ4n) is 3.93. The zero-order chi connectivity index (χ0) is 28.0. The maximum absolute atomic E-state index is 13.9. The van der Waals surface area contributed by atoms with Crippen LogP contribution < -0.4 is 16.4 Å². The summed E-state index contributed by atoms with van der Waals surface area (Å²) in [6, 6.07) is 2.86. The fraction of sp³-hybridized carbons (Fsp3) is 0.440. The number of benzene rings is 1. The fourth-order valence-corrected chi connectivity index (χ4v) is 5.09. The van der Waals surface area contributed by atoms with Crippen LogP contribution in [0.5, 0.6) is 0 Å². The summed E-state index contributed by atoms with van der Waals surface area (Å²) in [5.74, 6) is -4.82. The molecule has 1 aromatic heterocycles. The molecular formula is C25H30F3N5O4S. The number of pyridine rings is 1. The van der Waals surface area contributed by atoms with Gasteiger partial charge in [0.1, 0.15) is 11.9 Å². The average molecular weight is 554 g/mol. The predicted octanol–water partition coefficient (Wildman–Crippen LogP) is 2.50. The second kappa shape index (κ2) is 13.0. The number of nitrogens with zero attached hydrogens (tertiary/aromatic N) is 2. The molecule has 9 nitrogen and oxygen atoms in total.